The van der Waals surface area contributed by atoms with Crippen molar-refractivity contribution in [2.45, 2.75) is 13.5 Å². The fourth-order valence-electron chi connectivity index (χ4n) is 2.84. The maximum Gasteiger partial charge on any atom is 0.266 e. The van der Waals surface area contributed by atoms with Crippen molar-refractivity contribution in [2.24, 2.45) is 0 Å². The second-order valence-corrected chi connectivity index (χ2v) is 9.28. The van der Waals surface area contributed by atoms with E-state index in [1.54, 1.807) is 36.4 Å². The van der Waals surface area contributed by atoms with Gasteiger partial charge in [0.25, 0.3) is 5.91 Å². The maximum atomic E-state index is 12.6. The Bertz CT molecular complexity index is 1220. The number of nitriles is 1. The number of hydrogen-bond acceptors (Lipinski definition) is 4. The van der Waals surface area contributed by atoms with Gasteiger partial charge in [-0.25, -0.2) is 0 Å². The Morgan fingerprint density at radius 2 is 1.85 bits per heavy atom. The second kappa shape index (κ2) is 12.1. The van der Waals surface area contributed by atoms with Crippen molar-refractivity contribution >= 4 is 67.8 Å². The predicted octanol–water partition coefficient (Wildman–Crippen LogP) is 7.23. The summed E-state index contributed by atoms with van der Waals surface area (Å²) >= 11 is 11.9. The molecule has 0 atom stereocenters. The van der Waals surface area contributed by atoms with Crippen LogP contribution in [0.4, 0.5) is 5.69 Å². The zero-order chi connectivity index (χ0) is 23.8. The van der Waals surface area contributed by atoms with E-state index in [2.05, 4.69) is 43.8 Å². The molecule has 3 aromatic rings. The monoisotopic (exact) mass is 636 g/mol. The number of carbonyl (C=O) groups is 1. The first-order valence-electron chi connectivity index (χ1n) is 9.92. The van der Waals surface area contributed by atoms with Crippen LogP contribution in [-0.4, -0.2) is 12.5 Å². The molecule has 168 valence electrons. The molecule has 0 radical (unpaired) electrons. The van der Waals surface area contributed by atoms with E-state index in [0.717, 1.165) is 9.13 Å². The summed E-state index contributed by atoms with van der Waals surface area (Å²) in [5.74, 6) is 0.509. The number of benzene rings is 3. The largest absolute Gasteiger partial charge is 0.490 e. The molecule has 1 amide bonds. The van der Waals surface area contributed by atoms with Gasteiger partial charge in [0.2, 0.25) is 0 Å². The number of ether oxygens (including phenoxy) is 2. The molecule has 3 rings (SSSR count). The van der Waals surface area contributed by atoms with Crippen molar-refractivity contribution in [1.82, 2.24) is 0 Å². The normalized spacial score (nSPS) is 10.9. The fourth-order valence-corrected chi connectivity index (χ4v) is 3.82. The molecule has 1 N–H and O–H groups in total. The Balaban J connectivity index is 1.85. The van der Waals surface area contributed by atoms with E-state index in [9.17, 15) is 10.1 Å². The van der Waals surface area contributed by atoms with Gasteiger partial charge < -0.3 is 14.8 Å². The van der Waals surface area contributed by atoms with Gasteiger partial charge in [-0.15, -0.1) is 0 Å². The Kier molecular flexibility index (Phi) is 9.18. The highest BCUT2D eigenvalue weighted by Gasteiger charge is 2.15. The summed E-state index contributed by atoms with van der Waals surface area (Å²) in [5, 5.41) is 12.6. The van der Waals surface area contributed by atoms with Crippen molar-refractivity contribution in [3.05, 3.63) is 90.4 Å². The van der Waals surface area contributed by atoms with Crippen LogP contribution in [0.15, 0.2) is 70.7 Å². The molecule has 0 aliphatic rings. The summed E-state index contributed by atoms with van der Waals surface area (Å²) in [5.41, 5.74) is 1.98. The van der Waals surface area contributed by atoms with Crippen LogP contribution in [0.1, 0.15) is 18.1 Å². The van der Waals surface area contributed by atoms with E-state index in [1.807, 2.05) is 37.3 Å². The number of rotatable bonds is 8. The molecule has 33 heavy (non-hydrogen) atoms. The zero-order valence-electron chi connectivity index (χ0n) is 17.6. The molecule has 0 spiro atoms. The topological polar surface area (TPSA) is 71.3 Å². The molecular formula is C25H19BrClIN2O3. The highest BCUT2D eigenvalue weighted by molar-refractivity contribution is 14.1. The number of halogens is 3. The Hall–Kier alpha value is -2.54. The Labute approximate surface area is 219 Å². The molecule has 0 aliphatic carbocycles. The number of carbonyl (C=O) groups excluding carboxylic acids is 1. The molecule has 0 aromatic heterocycles. The number of nitrogens with zero attached hydrogens (tertiary/aromatic N) is 1. The summed E-state index contributed by atoms with van der Waals surface area (Å²) in [4.78, 5) is 12.6. The summed E-state index contributed by atoms with van der Waals surface area (Å²) < 4.78 is 13.5. The van der Waals surface area contributed by atoms with Gasteiger partial charge in [-0.3, -0.25) is 4.79 Å². The number of amides is 1. The first kappa shape index (κ1) is 25.1. The van der Waals surface area contributed by atoms with Crippen LogP contribution in [0, 0.1) is 14.9 Å². The van der Waals surface area contributed by atoms with Crippen LogP contribution in [0.5, 0.6) is 11.5 Å². The predicted molar refractivity (Wildman–Crippen MR) is 142 cm³/mol. The van der Waals surface area contributed by atoms with Crippen LogP contribution < -0.4 is 14.8 Å². The van der Waals surface area contributed by atoms with E-state index < -0.39 is 5.91 Å². The Morgan fingerprint density at radius 3 is 2.52 bits per heavy atom. The lowest BCUT2D eigenvalue weighted by atomic mass is 10.1. The smallest absolute Gasteiger partial charge is 0.266 e. The Morgan fingerprint density at radius 1 is 1.15 bits per heavy atom. The lowest BCUT2D eigenvalue weighted by Crippen LogP contribution is -2.13. The number of hydrogen-bond donors (Lipinski definition) is 1. The highest BCUT2D eigenvalue weighted by Crippen LogP contribution is 2.35. The number of anilines is 1. The number of para-hydroxylation sites is 1. The van der Waals surface area contributed by atoms with Gasteiger partial charge >= 0.3 is 0 Å². The third kappa shape index (κ3) is 6.97. The molecular weight excluding hydrogens is 619 g/mol. The quantitative estimate of drug-likeness (QED) is 0.161. The molecule has 0 fully saturated rings. The van der Waals surface area contributed by atoms with Crippen molar-refractivity contribution in [1.29, 1.82) is 5.26 Å². The molecule has 5 nitrogen and oxygen atoms in total. The third-order valence-electron chi connectivity index (χ3n) is 4.46. The van der Waals surface area contributed by atoms with Gasteiger partial charge in [0.1, 0.15) is 18.2 Å². The van der Waals surface area contributed by atoms with Gasteiger partial charge in [-0.1, -0.05) is 51.8 Å². The van der Waals surface area contributed by atoms with Gasteiger partial charge in [0, 0.05) is 8.04 Å². The van der Waals surface area contributed by atoms with Crippen molar-refractivity contribution < 1.29 is 14.3 Å². The average molecular weight is 638 g/mol. The average Bonchev–Trinajstić information content (AvgIpc) is 2.80. The summed E-state index contributed by atoms with van der Waals surface area (Å²) in [6.07, 6.45) is 1.49. The maximum absolute atomic E-state index is 12.6. The molecule has 0 heterocycles. The second-order valence-electron chi connectivity index (χ2n) is 6.77. The van der Waals surface area contributed by atoms with E-state index in [-0.39, 0.29) is 5.57 Å². The fraction of sp³-hybridized carbons (Fsp3) is 0.120. The van der Waals surface area contributed by atoms with E-state index in [1.165, 1.54) is 6.08 Å². The van der Waals surface area contributed by atoms with E-state index in [4.69, 9.17) is 21.1 Å². The zero-order valence-corrected chi connectivity index (χ0v) is 22.1. The van der Waals surface area contributed by atoms with Crippen molar-refractivity contribution in [3.63, 3.8) is 0 Å². The van der Waals surface area contributed by atoms with Gasteiger partial charge in [-0.2, -0.15) is 5.26 Å². The molecule has 3 aromatic carbocycles. The summed E-state index contributed by atoms with van der Waals surface area (Å²) in [6.45, 7) is 2.68. The summed E-state index contributed by atoms with van der Waals surface area (Å²) in [7, 11) is 0. The van der Waals surface area contributed by atoms with Crippen molar-refractivity contribution in [2.75, 3.05) is 11.9 Å². The minimum Gasteiger partial charge on any atom is -0.490 e. The lowest BCUT2D eigenvalue weighted by Gasteiger charge is -2.14. The van der Waals surface area contributed by atoms with Crippen LogP contribution in [-0.2, 0) is 11.4 Å². The number of nitrogens with one attached hydrogen (secondary N) is 1. The molecule has 0 saturated heterocycles. The standard InChI is InChI=1S/C25H19BrClIN2O3/c1-2-32-23-12-17(11-18(14-29)25(31)30-22-6-4-3-5-21(22)27)20(26)13-24(23)33-15-16-7-9-19(28)10-8-16/h3-13H,2,15H2,1H3,(H,30,31)/b18-11+. The minimum absolute atomic E-state index is 0.0781. The minimum atomic E-state index is -0.561. The van der Waals surface area contributed by atoms with Crippen LogP contribution in [0.3, 0.4) is 0 Å². The van der Waals surface area contributed by atoms with Crippen LogP contribution in [0.25, 0.3) is 6.08 Å². The van der Waals surface area contributed by atoms with Gasteiger partial charge in [-0.05, 0) is 83.1 Å². The molecule has 0 bridgehead atoms. The third-order valence-corrected chi connectivity index (χ3v) is 6.19. The molecule has 0 aliphatic heterocycles. The highest BCUT2D eigenvalue weighted by atomic mass is 127. The van der Waals surface area contributed by atoms with Crippen LogP contribution >= 0.6 is 50.1 Å². The van der Waals surface area contributed by atoms with Crippen molar-refractivity contribution in [3.8, 4) is 17.6 Å². The first-order chi connectivity index (χ1) is 15.9. The summed E-state index contributed by atoms with van der Waals surface area (Å²) in [6, 6.07) is 20.3. The molecule has 0 saturated carbocycles. The van der Waals surface area contributed by atoms with Gasteiger partial charge in [0.15, 0.2) is 11.5 Å². The van der Waals surface area contributed by atoms with Crippen LogP contribution in [0.2, 0.25) is 5.02 Å². The van der Waals surface area contributed by atoms with E-state index >= 15 is 0 Å². The SMILES string of the molecule is CCOc1cc(/C=C(\C#N)C(=O)Nc2ccccc2Cl)c(Br)cc1OCc1ccc(I)cc1. The molecule has 8 heteroatoms. The molecule has 0 unspecified atom stereocenters. The van der Waals surface area contributed by atoms with Gasteiger partial charge in [0.05, 0.1) is 17.3 Å². The first-order valence-corrected chi connectivity index (χ1v) is 12.2. The van der Waals surface area contributed by atoms with E-state index in [0.29, 0.717) is 45.5 Å². The lowest BCUT2D eigenvalue weighted by molar-refractivity contribution is -0.112.